The van der Waals surface area contributed by atoms with Gasteiger partial charge in [0.25, 0.3) is 0 Å². The summed E-state index contributed by atoms with van der Waals surface area (Å²) < 4.78 is 27.5. The number of nitrogens with one attached hydrogen (secondary N) is 1. The number of rotatable bonds is 6. The Morgan fingerprint density at radius 3 is 2.53 bits per heavy atom. The maximum atomic E-state index is 12.1. The lowest BCUT2D eigenvalue weighted by atomic mass is 9.93. The van der Waals surface area contributed by atoms with Crippen LogP contribution in [0.4, 0.5) is 0 Å². The molecule has 1 aromatic heterocycles. The fourth-order valence-corrected chi connectivity index (χ4v) is 3.57. The molecule has 0 aromatic carbocycles. The first kappa shape index (κ1) is 16.6. The molecule has 0 aliphatic carbocycles. The molecule has 0 unspecified atom stereocenters. The Morgan fingerprint density at radius 2 is 2.00 bits per heavy atom. The molecule has 0 fully saturated rings. The fraction of sp³-hybridized carbons (Fsp3) is 0.583. The minimum atomic E-state index is -3.51. The molecule has 0 radical (unpaired) electrons. The quantitative estimate of drug-likeness (QED) is 0.849. The molecule has 1 heterocycles. The number of halogens is 1. The Bertz CT molecular complexity index is 530. The summed E-state index contributed by atoms with van der Waals surface area (Å²) in [5.41, 5.74) is -0.143. The summed E-state index contributed by atoms with van der Waals surface area (Å²) in [6.07, 6.45) is 2.89. The standard InChI is InChI=1S/C12H20BrN3O2S/c1-12(2,9-16(3)4)8-15-19(17,18)11-5-10(13)6-14-7-11/h5-7,15H,8-9H2,1-4H3. The summed E-state index contributed by atoms with van der Waals surface area (Å²) in [5, 5.41) is 0. The van der Waals surface area contributed by atoms with Crippen LogP contribution in [0.3, 0.4) is 0 Å². The maximum absolute atomic E-state index is 12.1. The average molecular weight is 350 g/mol. The van der Waals surface area contributed by atoms with Crippen molar-refractivity contribution in [2.45, 2.75) is 18.7 Å². The first-order valence-electron chi connectivity index (χ1n) is 5.87. The van der Waals surface area contributed by atoms with E-state index in [9.17, 15) is 8.42 Å². The van der Waals surface area contributed by atoms with Gasteiger partial charge in [-0.25, -0.2) is 13.1 Å². The van der Waals surface area contributed by atoms with E-state index < -0.39 is 10.0 Å². The van der Waals surface area contributed by atoms with Crippen molar-refractivity contribution in [2.75, 3.05) is 27.2 Å². The van der Waals surface area contributed by atoms with E-state index >= 15 is 0 Å². The number of pyridine rings is 1. The van der Waals surface area contributed by atoms with Crippen LogP contribution in [0, 0.1) is 5.41 Å². The van der Waals surface area contributed by atoms with Gasteiger partial charge in [0.2, 0.25) is 10.0 Å². The predicted molar refractivity (Wildman–Crippen MR) is 79.5 cm³/mol. The van der Waals surface area contributed by atoms with Crippen molar-refractivity contribution >= 4 is 26.0 Å². The van der Waals surface area contributed by atoms with E-state index in [2.05, 4.69) is 25.6 Å². The lowest BCUT2D eigenvalue weighted by molar-refractivity contribution is 0.242. The van der Waals surface area contributed by atoms with E-state index in [0.717, 1.165) is 6.54 Å². The van der Waals surface area contributed by atoms with Crippen LogP contribution in [0.1, 0.15) is 13.8 Å². The summed E-state index contributed by atoms with van der Waals surface area (Å²) in [6, 6.07) is 1.54. The molecule has 1 aromatic rings. The first-order valence-corrected chi connectivity index (χ1v) is 8.15. The van der Waals surface area contributed by atoms with Gasteiger partial charge in [-0.1, -0.05) is 13.8 Å². The summed E-state index contributed by atoms with van der Waals surface area (Å²) in [7, 11) is 0.421. The third kappa shape index (κ3) is 5.56. The Hall–Kier alpha value is -0.500. The van der Waals surface area contributed by atoms with Gasteiger partial charge in [0.05, 0.1) is 0 Å². The van der Waals surface area contributed by atoms with Crippen LogP contribution in [0.5, 0.6) is 0 Å². The number of sulfonamides is 1. The van der Waals surface area contributed by atoms with Gasteiger partial charge < -0.3 is 4.90 Å². The van der Waals surface area contributed by atoms with Gasteiger partial charge in [-0.05, 0) is 41.5 Å². The molecular weight excluding hydrogens is 330 g/mol. The smallest absolute Gasteiger partial charge is 0.242 e. The zero-order valence-electron chi connectivity index (χ0n) is 11.6. The van der Waals surface area contributed by atoms with Crippen LogP contribution in [0.25, 0.3) is 0 Å². The number of nitrogens with zero attached hydrogens (tertiary/aromatic N) is 2. The van der Waals surface area contributed by atoms with E-state index in [1.54, 1.807) is 6.20 Å². The van der Waals surface area contributed by atoms with Crippen molar-refractivity contribution in [3.8, 4) is 0 Å². The monoisotopic (exact) mass is 349 g/mol. The summed E-state index contributed by atoms with van der Waals surface area (Å²) in [6.45, 7) is 5.22. The lowest BCUT2D eigenvalue weighted by Crippen LogP contribution is -2.39. The minimum absolute atomic E-state index is 0.143. The van der Waals surface area contributed by atoms with E-state index in [4.69, 9.17) is 0 Å². The van der Waals surface area contributed by atoms with Crippen LogP contribution in [-0.4, -0.2) is 45.5 Å². The highest BCUT2D eigenvalue weighted by Crippen LogP contribution is 2.18. The average Bonchev–Trinajstić information content (AvgIpc) is 2.25. The number of hydrogen-bond donors (Lipinski definition) is 1. The highest BCUT2D eigenvalue weighted by atomic mass is 79.9. The fourth-order valence-electron chi connectivity index (χ4n) is 1.83. The van der Waals surface area contributed by atoms with Crippen molar-refractivity contribution in [2.24, 2.45) is 5.41 Å². The van der Waals surface area contributed by atoms with E-state index in [1.165, 1.54) is 12.3 Å². The van der Waals surface area contributed by atoms with Crippen LogP contribution in [0.2, 0.25) is 0 Å². The van der Waals surface area contributed by atoms with Gasteiger partial charge in [0.1, 0.15) is 4.90 Å². The molecule has 0 amide bonds. The van der Waals surface area contributed by atoms with Crippen LogP contribution in [0.15, 0.2) is 27.8 Å². The second-order valence-corrected chi connectivity index (χ2v) is 8.25. The minimum Gasteiger partial charge on any atom is -0.309 e. The summed E-state index contributed by atoms with van der Waals surface area (Å²) in [5.74, 6) is 0. The summed E-state index contributed by atoms with van der Waals surface area (Å²) in [4.78, 5) is 6.07. The molecule has 0 aliphatic rings. The van der Waals surface area contributed by atoms with Crippen molar-refractivity contribution in [3.63, 3.8) is 0 Å². The molecule has 1 N–H and O–H groups in total. The zero-order valence-corrected chi connectivity index (χ0v) is 14.0. The highest BCUT2D eigenvalue weighted by molar-refractivity contribution is 9.10. The normalized spacial score (nSPS) is 12.9. The van der Waals surface area contributed by atoms with Crippen molar-refractivity contribution in [1.82, 2.24) is 14.6 Å². The van der Waals surface area contributed by atoms with Gasteiger partial charge in [-0.15, -0.1) is 0 Å². The second kappa shape index (κ2) is 6.30. The van der Waals surface area contributed by atoms with Crippen molar-refractivity contribution in [1.29, 1.82) is 0 Å². The molecule has 0 saturated carbocycles. The molecule has 7 heteroatoms. The third-order valence-electron chi connectivity index (χ3n) is 2.48. The molecule has 5 nitrogen and oxygen atoms in total. The van der Waals surface area contributed by atoms with E-state index in [0.29, 0.717) is 11.0 Å². The van der Waals surface area contributed by atoms with Gasteiger partial charge in [0, 0.05) is 30.0 Å². The molecule has 0 aliphatic heterocycles. The number of hydrogen-bond acceptors (Lipinski definition) is 4. The molecule has 19 heavy (non-hydrogen) atoms. The van der Waals surface area contributed by atoms with E-state index in [-0.39, 0.29) is 10.3 Å². The van der Waals surface area contributed by atoms with Crippen molar-refractivity contribution in [3.05, 3.63) is 22.9 Å². The predicted octanol–water partition coefficient (Wildman–Crippen LogP) is 1.71. The topological polar surface area (TPSA) is 62.3 Å². The summed E-state index contributed by atoms with van der Waals surface area (Å²) >= 11 is 3.22. The van der Waals surface area contributed by atoms with Gasteiger partial charge >= 0.3 is 0 Å². The highest BCUT2D eigenvalue weighted by Gasteiger charge is 2.23. The van der Waals surface area contributed by atoms with Crippen LogP contribution < -0.4 is 4.72 Å². The molecule has 0 spiro atoms. The molecule has 0 atom stereocenters. The maximum Gasteiger partial charge on any atom is 0.242 e. The molecule has 0 saturated heterocycles. The first-order chi connectivity index (χ1) is 8.62. The van der Waals surface area contributed by atoms with Gasteiger partial charge in [-0.2, -0.15) is 0 Å². The Kier molecular flexibility index (Phi) is 5.49. The molecule has 108 valence electrons. The van der Waals surface area contributed by atoms with Gasteiger partial charge in [0.15, 0.2) is 0 Å². The SMILES string of the molecule is CN(C)CC(C)(C)CNS(=O)(=O)c1cncc(Br)c1. The Balaban J connectivity index is 2.76. The van der Waals surface area contributed by atoms with E-state index in [1.807, 2.05) is 32.8 Å². The second-order valence-electron chi connectivity index (χ2n) is 5.57. The largest absolute Gasteiger partial charge is 0.309 e. The third-order valence-corrected chi connectivity index (χ3v) is 4.28. The molecule has 0 bridgehead atoms. The lowest BCUT2D eigenvalue weighted by Gasteiger charge is -2.28. The van der Waals surface area contributed by atoms with Crippen molar-refractivity contribution < 1.29 is 8.42 Å². The molecule has 1 rings (SSSR count). The van der Waals surface area contributed by atoms with Crippen LogP contribution in [-0.2, 0) is 10.0 Å². The number of aromatic nitrogens is 1. The van der Waals surface area contributed by atoms with Gasteiger partial charge in [-0.3, -0.25) is 4.98 Å². The Morgan fingerprint density at radius 1 is 1.37 bits per heavy atom. The Labute approximate surface area is 123 Å². The van der Waals surface area contributed by atoms with Crippen LogP contribution >= 0.6 is 15.9 Å². The molecular formula is C12H20BrN3O2S. The zero-order chi connectivity index (χ0) is 14.7.